The second kappa shape index (κ2) is 7.54. The largest absolute Gasteiger partial charge is 0.422 e. The molecule has 4 aromatic rings. The van der Waals surface area contributed by atoms with Gasteiger partial charge >= 0.3 is 5.63 Å². The molecule has 10 heteroatoms. The molecule has 0 saturated carbocycles. The second-order valence-electron chi connectivity index (χ2n) is 7.20. The molecule has 32 heavy (non-hydrogen) atoms. The fraction of sp³-hybridized carbons (Fsp3) is 0.0909. The van der Waals surface area contributed by atoms with Gasteiger partial charge in [0.1, 0.15) is 23.4 Å². The fourth-order valence-electron chi connectivity index (χ4n) is 3.58. The van der Waals surface area contributed by atoms with Gasteiger partial charge < -0.3 is 4.42 Å². The summed E-state index contributed by atoms with van der Waals surface area (Å²) in [5, 5.41) is 8.85. The van der Waals surface area contributed by atoms with Crippen molar-refractivity contribution in [3.8, 4) is 0 Å². The van der Waals surface area contributed by atoms with E-state index in [1.165, 1.54) is 21.8 Å². The molecule has 3 heterocycles. The SMILES string of the molecule is O=C1C(=O)N(Cc2cn(CC(=O)c3cc4cc(Cl)ccc4oc3=O)nn2)c2ccccc21. The van der Waals surface area contributed by atoms with Crippen molar-refractivity contribution >= 4 is 45.7 Å². The molecule has 0 aliphatic carbocycles. The van der Waals surface area contributed by atoms with Crippen molar-refractivity contribution in [2.45, 2.75) is 13.1 Å². The highest BCUT2D eigenvalue weighted by Crippen LogP contribution is 2.29. The number of para-hydroxylation sites is 1. The van der Waals surface area contributed by atoms with E-state index >= 15 is 0 Å². The van der Waals surface area contributed by atoms with Crippen LogP contribution < -0.4 is 10.5 Å². The average Bonchev–Trinajstić information content (AvgIpc) is 3.31. The molecule has 0 radical (unpaired) electrons. The average molecular weight is 449 g/mol. The zero-order valence-corrected chi connectivity index (χ0v) is 17.1. The highest BCUT2D eigenvalue weighted by Gasteiger charge is 2.35. The molecule has 1 aliphatic rings. The predicted molar refractivity (Wildman–Crippen MR) is 114 cm³/mol. The maximum atomic E-state index is 12.7. The molecule has 5 rings (SSSR count). The third kappa shape index (κ3) is 3.38. The number of halogens is 1. The smallest absolute Gasteiger partial charge is 0.347 e. The number of carbonyl (C=O) groups excluding carboxylic acids is 3. The standard InChI is InChI=1S/C22H13ClN4O5/c23-13-5-6-19-12(7-13)8-16(22(31)32-19)18(28)11-26-9-14(24-25-26)10-27-17-4-2-1-3-15(17)20(29)21(27)30/h1-9H,10-11H2. The maximum absolute atomic E-state index is 12.7. The first-order valence-electron chi connectivity index (χ1n) is 9.51. The van der Waals surface area contributed by atoms with Crippen LogP contribution in [-0.2, 0) is 17.9 Å². The first-order valence-corrected chi connectivity index (χ1v) is 9.89. The van der Waals surface area contributed by atoms with Gasteiger partial charge in [-0.25, -0.2) is 9.48 Å². The lowest BCUT2D eigenvalue weighted by atomic mass is 10.1. The van der Waals surface area contributed by atoms with Gasteiger partial charge in [0, 0.05) is 10.4 Å². The number of benzene rings is 2. The number of hydrogen-bond acceptors (Lipinski definition) is 7. The Bertz CT molecular complexity index is 1490. The van der Waals surface area contributed by atoms with E-state index in [0.717, 1.165) is 0 Å². The normalized spacial score (nSPS) is 13.1. The van der Waals surface area contributed by atoms with Crippen molar-refractivity contribution < 1.29 is 18.8 Å². The van der Waals surface area contributed by atoms with Crippen molar-refractivity contribution in [3.05, 3.63) is 87.0 Å². The summed E-state index contributed by atoms with van der Waals surface area (Å²) >= 11 is 5.97. The Morgan fingerprint density at radius 1 is 1.06 bits per heavy atom. The molecule has 158 valence electrons. The van der Waals surface area contributed by atoms with E-state index < -0.39 is 23.1 Å². The molecule has 2 aromatic carbocycles. The molecule has 0 bridgehead atoms. The predicted octanol–water partition coefficient (Wildman–Crippen LogP) is 2.65. The summed E-state index contributed by atoms with van der Waals surface area (Å²) in [5.74, 6) is -1.74. The Balaban J connectivity index is 1.36. The first kappa shape index (κ1) is 19.8. The van der Waals surface area contributed by atoms with Crippen molar-refractivity contribution in [2.75, 3.05) is 4.90 Å². The van der Waals surface area contributed by atoms with Crippen LogP contribution in [-0.4, -0.2) is 32.5 Å². The first-order chi connectivity index (χ1) is 15.4. The van der Waals surface area contributed by atoms with E-state index in [9.17, 15) is 19.2 Å². The monoisotopic (exact) mass is 448 g/mol. The molecule has 0 fully saturated rings. The van der Waals surface area contributed by atoms with Crippen molar-refractivity contribution in [1.82, 2.24) is 15.0 Å². The van der Waals surface area contributed by atoms with E-state index in [2.05, 4.69) is 10.3 Å². The van der Waals surface area contributed by atoms with Crippen molar-refractivity contribution in [2.24, 2.45) is 0 Å². The number of rotatable bonds is 5. The third-order valence-electron chi connectivity index (χ3n) is 5.09. The number of ketones is 2. The van der Waals surface area contributed by atoms with Crippen LogP contribution in [0.1, 0.15) is 26.4 Å². The van der Waals surface area contributed by atoms with Crippen LogP contribution in [0.2, 0.25) is 5.02 Å². The summed E-state index contributed by atoms with van der Waals surface area (Å²) < 4.78 is 6.46. The van der Waals surface area contributed by atoms with Crippen molar-refractivity contribution in [1.29, 1.82) is 0 Å². The lowest BCUT2D eigenvalue weighted by Crippen LogP contribution is -2.29. The lowest BCUT2D eigenvalue weighted by Gasteiger charge is -2.14. The highest BCUT2D eigenvalue weighted by atomic mass is 35.5. The summed E-state index contributed by atoms with van der Waals surface area (Å²) in [6.45, 7) is -0.236. The summed E-state index contributed by atoms with van der Waals surface area (Å²) in [6.07, 6.45) is 1.48. The second-order valence-corrected chi connectivity index (χ2v) is 7.63. The van der Waals surface area contributed by atoms with Gasteiger partial charge in [-0.15, -0.1) is 5.10 Å². The van der Waals surface area contributed by atoms with Gasteiger partial charge in [-0.1, -0.05) is 28.9 Å². The third-order valence-corrected chi connectivity index (χ3v) is 5.32. The minimum atomic E-state index is -0.761. The van der Waals surface area contributed by atoms with Gasteiger partial charge in [-0.2, -0.15) is 0 Å². The van der Waals surface area contributed by atoms with Crippen LogP contribution in [0, 0.1) is 0 Å². The van der Waals surface area contributed by atoms with Gasteiger partial charge in [0.05, 0.1) is 24.0 Å². The molecule has 1 aliphatic heterocycles. The Hall–Kier alpha value is -4.11. The summed E-state index contributed by atoms with van der Waals surface area (Å²) in [7, 11) is 0. The van der Waals surface area contributed by atoms with Gasteiger partial charge in [-0.3, -0.25) is 19.3 Å². The highest BCUT2D eigenvalue weighted by molar-refractivity contribution is 6.52. The Morgan fingerprint density at radius 2 is 1.88 bits per heavy atom. The number of anilines is 1. The number of aromatic nitrogens is 3. The zero-order valence-electron chi connectivity index (χ0n) is 16.3. The lowest BCUT2D eigenvalue weighted by molar-refractivity contribution is -0.114. The molecule has 9 nitrogen and oxygen atoms in total. The van der Waals surface area contributed by atoms with Gasteiger partial charge in [0.2, 0.25) is 0 Å². The number of hydrogen-bond donors (Lipinski definition) is 0. The summed E-state index contributed by atoms with van der Waals surface area (Å²) in [5.41, 5.74) is 0.648. The number of amides is 1. The van der Waals surface area contributed by atoms with Crippen LogP contribution in [0.3, 0.4) is 0 Å². The molecule has 0 spiro atoms. The van der Waals surface area contributed by atoms with Crippen molar-refractivity contribution in [3.63, 3.8) is 0 Å². The molecule has 0 unspecified atom stereocenters. The number of fused-ring (bicyclic) bond motifs is 2. The number of carbonyl (C=O) groups is 3. The van der Waals surface area contributed by atoms with Crippen LogP contribution in [0.4, 0.5) is 5.69 Å². The quantitative estimate of drug-likeness (QED) is 0.262. The minimum Gasteiger partial charge on any atom is -0.422 e. The van der Waals surface area contributed by atoms with E-state index in [1.54, 1.807) is 42.5 Å². The van der Waals surface area contributed by atoms with Gasteiger partial charge in [0.25, 0.3) is 11.7 Å². The Labute approximate surface area is 184 Å². The van der Waals surface area contributed by atoms with Crippen LogP contribution in [0.5, 0.6) is 0 Å². The summed E-state index contributed by atoms with van der Waals surface area (Å²) in [4.78, 5) is 50.7. The van der Waals surface area contributed by atoms with Crippen LogP contribution in [0.15, 0.2) is 63.9 Å². The van der Waals surface area contributed by atoms with Gasteiger partial charge in [0.15, 0.2) is 5.78 Å². The zero-order chi connectivity index (χ0) is 22.4. The Morgan fingerprint density at radius 3 is 2.72 bits per heavy atom. The van der Waals surface area contributed by atoms with Crippen LogP contribution in [0.25, 0.3) is 11.0 Å². The molecular formula is C22H13ClN4O5. The number of Topliss-reactive ketones (excluding diaryl/α,β-unsaturated/α-hetero) is 2. The Kier molecular flexibility index (Phi) is 4.67. The molecule has 1 amide bonds. The molecule has 0 saturated heterocycles. The molecule has 0 atom stereocenters. The maximum Gasteiger partial charge on any atom is 0.347 e. The summed E-state index contributed by atoms with van der Waals surface area (Å²) in [6, 6.07) is 12.9. The molecule has 0 N–H and O–H groups in total. The number of nitrogens with zero attached hydrogens (tertiary/aromatic N) is 4. The fourth-order valence-corrected chi connectivity index (χ4v) is 3.76. The van der Waals surface area contributed by atoms with E-state index in [-0.39, 0.29) is 18.7 Å². The molecular weight excluding hydrogens is 436 g/mol. The van der Waals surface area contributed by atoms with E-state index in [1.807, 2.05) is 0 Å². The van der Waals surface area contributed by atoms with E-state index in [4.69, 9.17) is 16.0 Å². The minimum absolute atomic E-state index is 0.0202. The van der Waals surface area contributed by atoms with Gasteiger partial charge in [-0.05, 0) is 36.4 Å². The topological polar surface area (TPSA) is 115 Å². The van der Waals surface area contributed by atoms with Crippen LogP contribution >= 0.6 is 11.6 Å². The molecule has 2 aromatic heterocycles. The van der Waals surface area contributed by atoms with E-state index in [0.29, 0.717) is 32.9 Å².